The molecular formula is C22H27FN2O2. The molecule has 1 atom stereocenters. The van der Waals surface area contributed by atoms with Gasteiger partial charge in [-0.15, -0.1) is 0 Å². The summed E-state index contributed by atoms with van der Waals surface area (Å²) in [5.41, 5.74) is 0.282. The van der Waals surface area contributed by atoms with Crippen molar-refractivity contribution in [1.82, 2.24) is 9.80 Å². The van der Waals surface area contributed by atoms with Gasteiger partial charge in [0, 0.05) is 31.6 Å². The number of piperidine rings is 1. The third-order valence-electron chi connectivity index (χ3n) is 6.02. The van der Waals surface area contributed by atoms with Crippen molar-refractivity contribution in [3.05, 3.63) is 59.3 Å². The number of amides is 1. The van der Waals surface area contributed by atoms with Gasteiger partial charge in [0.1, 0.15) is 17.3 Å². The number of furan rings is 1. The van der Waals surface area contributed by atoms with Gasteiger partial charge in [0.05, 0.1) is 12.0 Å². The van der Waals surface area contributed by atoms with Crippen molar-refractivity contribution in [3.8, 4) is 0 Å². The van der Waals surface area contributed by atoms with Crippen LogP contribution in [0.3, 0.4) is 0 Å². The maximum Gasteiger partial charge on any atom is 0.230 e. The molecule has 1 spiro atoms. The quantitative estimate of drug-likeness (QED) is 0.798. The number of benzene rings is 1. The Morgan fingerprint density at radius 3 is 2.67 bits per heavy atom. The van der Waals surface area contributed by atoms with Crippen LogP contribution in [0.25, 0.3) is 0 Å². The summed E-state index contributed by atoms with van der Waals surface area (Å²) in [6, 6.07) is 10.8. The Kier molecular flexibility index (Phi) is 5.04. The summed E-state index contributed by atoms with van der Waals surface area (Å²) in [6.45, 7) is 5.59. The summed E-state index contributed by atoms with van der Waals surface area (Å²) in [5.74, 6) is 1.93. The molecule has 0 aliphatic carbocycles. The van der Waals surface area contributed by atoms with Crippen LogP contribution in [0.4, 0.5) is 4.39 Å². The third-order valence-corrected chi connectivity index (χ3v) is 6.02. The number of carbonyl (C=O) groups is 1. The minimum Gasteiger partial charge on any atom is -0.465 e. The van der Waals surface area contributed by atoms with Gasteiger partial charge in [-0.2, -0.15) is 0 Å². The molecule has 1 amide bonds. The first kappa shape index (κ1) is 18.2. The standard InChI is InChI=1S/C22H27FN2O2/c1-2-18-8-9-19(27-18)15-24-13-11-22(16-24)10-5-12-25(21(22)26)14-17-6-3-4-7-20(17)23/h3-4,6-9H,2,5,10-16H2,1H3/t22-/m1/s1. The van der Waals surface area contributed by atoms with E-state index in [4.69, 9.17) is 4.42 Å². The topological polar surface area (TPSA) is 36.7 Å². The number of hydrogen-bond acceptors (Lipinski definition) is 3. The van der Waals surface area contributed by atoms with Gasteiger partial charge in [0.2, 0.25) is 5.91 Å². The van der Waals surface area contributed by atoms with Crippen molar-refractivity contribution in [3.63, 3.8) is 0 Å². The number of nitrogens with zero attached hydrogens (tertiary/aromatic N) is 2. The molecule has 2 aromatic rings. The Morgan fingerprint density at radius 1 is 1.07 bits per heavy atom. The Hall–Kier alpha value is -2.14. The highest BCUT2D eigenvalue weighted by Crippen LogP contribution is 2.41. The fraction of sp³-hybridized carbons (Fsp3) is 0.500. The van der Waals surface area contributed by atoms with Crippen LogP contribution in [0, 0.1) is 11.2 Å². The van der Waals surface area contributed by atoms with Crippen LogP contribution in [0.15, 0.2) is 40.8 Å². The molecule has 5 heteroatoms. The lowest BCUT2D eigenvalue weighted by Gasteiger charge is -2.39. The molecule has 2 saturated heterocycles. The van der Waals surface area contributed by atoms with Crippen LogP contribution in [0.2, 0.25) is 0 Å². The number of hydrogen-bond donors (Lipinski definition) is 0. The van der Waals surface area contributed by atoms with Crippen molar-refractivity contribution < 1.29 is 13.6 Å². The van der Waals surface area contributed by atoms with E-state index >= 15 is 0 Å². The summed E-state index contributed by atoms with van der Waals surface area (Å²) in [4.78, 5) is 17.4. The van der Waals surface area contributed by atoms with E-state index in [1.807, 2.05) is 23.1 Å². The van der Waals surface area contributed by atoms with E-state index in [1.54, 1.807) is 12.1 Å². The molecule has 0 radical (unpaired) electrons. The average Bonchev–Trinajstić information content (AvgIpc) is 3.29. The monoisotopic (exact) mass is 370 g/mol. The van der Waals surface area contributed by atoms with E-state index < -0.39 is 0 Å². The summed E-state index contributed by atoms with van der Waals surface area (Å²) in [7, 11) is 0. The Balaban J connectivity index is 1.43. The SMILES string of the molecule is CCc1ccc(CN2CC[C@]3(CCCN(Cc4ccccc4F)C3=O)C2)o1. The molecule has 2 aliphatic heterocycles. The first-order valence-corrected chi connectivity index (χ1v) is 9.92. The molecular weight excluding hydrogens is 343 g/mol. The Bertz CT molecular complexity index is 818. The van der Waals surface area contributed by atoms with E-state index in [0.717, 1.165) is 56.8 Å². The summed E-state index contributed by atoms with van der Waals surface area (Å²) >= 11 is 0. The van der Waals surface area contributed by atoms with Crippen molar-refractivity contribution >= 4 is 5.91 Å². The zero-order valence-electron chi connectivity index (χ0n) is 15.9. The van der Waals surface area contributed by atoms with Gasteiger partial charge in [-0.05, 0) is 44.0 Å². The van der Waals surface area contributed by atoms with Crippen molar-refractivity contribution in [2.24, 2.45) is 5.41 Å². The molecule has 4 rings (SSSR count). The fourth-order valence-electron chi connectivity index (χ4n) is 4.52. The molecule has 4 nitrogen and oxygen atoms in total. The number of rotatable bonds is 5. The normalized spacial score (nSPS) is 23.5. The minimum absolute atomic E-state index is 0.188. The predicted octanol–water partition coefficient (Wildman–Crippen LogP) is 4.00. The second kappa shape index (κ2) is 7.47. The zero-order valence-corrected chi connectivity index (χ0v) is 15.9. The third kappa shape index (κ3) is 3.65. The van der Waals surface area contributed by atoms with Gasteiger partial charge < -0.3 is 9.32 Å². The lowest BCUT2D eigenvalue weighted by Crippen LogP contribution is -2.49. The first-order chi connectivity index (χ1) is 13.1. The number of halogens is 1. The zero-order chi connectivity index (χ0) is 18.9. The highest BCUT2D eigenvalue weighted by Gasteiger charge is 2.48. The summed E-state index contributed by atoms with van der Waals surface area (Å²) in [6.07, 6.45) is 3.68. The largest absolute Gasteiger partial charge is 0.465 e. The highest BCUT2D eigenvalue weighted by atomic mass is 19.1. The second-order valence-corrected chi connectivity index (χ2v) is 7.88. The molecule has 0 saturated carbocycles. The van der Waals surface area contributed by atoms with E-state index in [9.17, 15) is 9.18 Å². The lowest BCUT2D eigenvalue weighted by molar-refractivity contribution is -0.146. The predicted molar refractivity (Wildman–Crippen MR) is 101 cm³/mol. The molecule has 1 aromatic carbocycles. The van der Waals surface area contributed by atoms with E-state index in [0.29, 0.717) is 18.7 Å². The minimum atomic E-state index is -0.316. The van der Waals surface area contributed by atoms with Crippen LogP contribution in [0.5, 0.6) is 0 Å². The van der Waals surface area contributed by atoms with Gasteiger partial charge in [-0.1, -0.05) is 25.1 Å². The van der Waals surface area contributed by atoms with Crippen LogP contribution < -0.4 is 0 Å². The highest BCUT2D eigenvalue weighted by molar-refractivity contribution is 5.84. The maximum absolute atomic E-state index is 14.0. The molecule has 27 heavy (non-hydrogen) atoms. The number of carbonyl (C=O) groups excluding carboxylic acids is 1. The summed E-state index contributed by atoms with van der Waals surface area (Å²) < 4.78 is 19.9. The van der Waals surface area contributed by atoms with Crippen LogP contribution >= 0.6 is 0 Å². The Labute approximate surface area is 159 Å². The molecule has 0 bridgehead atoms. The maximum atomic E-state index is 14.0. The van der Waals surface area contributed by atoms with E-state index in [2.05, 4.69) is 11.8 Å². The Morgan fingerprint density at radius 2 is 1.89 bits per heavy atom. The average molecular weight is 370 g/mol. The lowest BCUT2D eigenvalue weighted by atomic mass is 9.78. The van der Waals surface area contributed by atoms with Gasteiger partial charge in [0.25, 0.3) is 0 Å². The number of aryl methyl sites for hydroxylation is 1. The fourth-order valence-corrected chi connectivity index (χ4v) is 4.52. The molecule has 2 aliphatic rings. The van der Waals surface area contributed by atoms with Crippen molar-refractivity contribution in [2.75, 3.05) is 19.6 Å². The van der Waals surface area contributed by atoms with Gasteiger partial charge >= 0.3 is 0 Å². The first-order valence-electron chi connectivity index (χ1n) is 9.92. The van der Waals surface area contributed by atoms with Crippen LogP contribution in [-0.4, -0.2) is 35.3 Å². The molecule has 2 fully saturated rings. The van der Waals surface area contributed by atoms with E-state index in [1.165, 1.54) is 6.07 Å². The summed E-state index contributed by atoms with van der Waals surface area (Å²) in [5, 5.41) is 0. The molecule has 0 unspecified atom stereocenters. The van der Waals surface area contributed by atoms with Crippen molar-refractivity contribution in [2.45, 2.75) is 45.7 Å². The molecule has 144 valence electrons. The van der Waals surface area contributed by atoms with Crippen LogP contribution in [0.1, 0.15) is 43.3 Å². The van der Waals surface area contributed by atoms with E-state index in [-0.39, 0.29) is 17.1 Å². The smallest absolute Gasteiger partial charge is 0.230 e. The van der Waals surface area contributed by atoms with Gasteiger partial charge in [-0.25, -0.2) is 4.39 Å². The number of likely N-dealkylation sites (tertiary alicyclic amines) is 2. The van der Waals surface area contributed by atoms with Crippen LogP contribution in [-0.2, 0) is 24.3 Å². The molecule has 1 aromatic heterocycles. The second-order valence-electron chi connectivity index (χ2n) is 7.88. The van der Waals surface area contributed by atoms with Gasteiger partial charge in [0.15, 0.2) is 0 Å². The molecule has 0 N–H and O–H groups in total. The van der Waals surface area contributed by atoms with Gasteiger partial charge in [-0.3, -0.25) is 9.69 Å². The molecule has 3 heterocycles. The van der Waals surface area contributed by atoms with Crippen molar-refractivity contribution in [1.29, 1.82) is 0 Å².